The third kappa shape index (κ3) is 7.31. The molecule has 5 N–H and O–H groups in total. The number of hydrogen-bond acceptors (Lipinski definition) is 8. The van der Waals surface area contributed by atoms with Crippen LogP contribution in [-0.4, -0.2) is 64.8 Å². The van der Waals surface area contributed by atoms with E-state index in [9.17, 15) is 19.2 Å². The lowest BCUT2D eigenvalue weighted by Crippen LogP contribution is -2.30. The highest BCUT2D eigenvalue weighted by molar-refractivity contribution is 6.04. The van der Waals surface area contributed by atoms with Crippen molar-refractivity contribution in [1.29, 1.82) is 0 Å². The van der Waals surface area contributed by atoms with E-state index >= 15 is 0 Å². The number of anilines is 2. The van der Waals surface area contributed by atoms with Crippen LogP contribution in [-0.2, 0) is 14.4 Å². The molecule has 4 aromatic rings. The molecule has 1 atom stereocenters. The Balaban J connectivity index is 0.000000467. The number of nitrogens with one attached hydrogen (secondary N) is 1. The number of hydrogen-bond donors (Lipinski definition) is 4. The molecule has 13 heteroatoms. The molecular formula is C30H29N7O6. The molecule has 0 saturated carbocycles. The summed E-state index contributed by atoms with van der Waals surface area (Å²) >= 11 is 0. The fourth-order valence-corrected chi connectivity index (χ4v) is 4.60. The molecule has 13 nitrogen and oxygen atoms in total. The molecule has 1 aromatic carbocycles. The van der Waals surface area contributed by atoms with Gasteiger partial charge in [0.2, 0.25) is 0 Å². The predicted octanol–water partition coefficient (Wildman–Crippen LogP) is 3.25. The van der Waals surface area contributed by atoms with Crippen molar-refractivity contribution >= 4 is 40.9 Å². The van der Waals surface area contributed by atoms with Crippen LogP contribution in [0.2, 0.25) is 0 Å². The van der Waals surface area contributed by atoms with Crippen molar-refractivity contribution in [3.05, 3.63) is 72.4 Å². The molecule has 0 aliphatic carbocycles. The number of likely N-dealkylation sites (tertiary alicyclic amines) is 1. The number of nitrogen functional groups attached to an aromatic ring is 1. The first-order valence-electron chi connectivity index (χ1n) is 13.3. The molecule has 1 fully saturated rings. The van der Waals surface area contributed by atoms with E-state index < -0.39 is 11.9 Å². The Bertz CT molecular complexity index is 1690. The number of pyridine rings is 1. The van der Waals surface area contributed by atoms with Gasteiger partial charge in [0, 0.05) is 36.3 Å². The molecule has 1 saturated heterocycles. The quantitative estimate of drug-likeness (QED) is 0.235. The van der Waals surface area contributed by atoms with Crippen molar-refractivity contribution in [1.82, 2.24) is 24.3 Å². The molecule has 4 heterocycles. The number of carbonyl (C=O) groups is 4. The minimum Gasteiger partial charge on any atom is -0.481 e. The molecule has 220 valence electrons. The zero-order valence-electron chi connectivity index (χ0n) is 23.2. The minimum absolute atomic E-state index is 0.210. The lowest BCUT2D eigenvalue weighted by Gasteiger charge is -2.21. The van der Waals surface area contributed by atoms with Crippen LogP contribution in [0.15, 0.2) is 61.1 Å². The molecule has 0 radical (unpaired) electrons. The van der Waals surface area contributed by atoms with E-state index in [1.54, 1.807) is 60.7 Å². The fraction of sp³-hybridized carbons (Fsp3) is 0.233. The SMILES string of the molecule is CC#CC(=O)N1CCC[C@H]1c1nc(-c2ccc(C(=O)Nc3ccccn3)cc2)c2c(N)nccn12.O=C(O)CCC(=O)O. The third-order valence-electron chi connectivity index (χ3n) is 6.53. The number of rotatable bonds is 7. The maximum absolute atomic E-state index is 12.6. The average molecular weight is 584 g/mol. The molecule has 1 aliphatic rings. The highest BCUT2D eigenvalue weighted by atomic mass is 16.4. The van der Waals surface area contributed by atoms with E-state index in [2.05, 4.69) is 27.1 Å². The largest absolute Gasteiger partial charge is 0.481 e. The Morgan fingerprint density at radius 2 is 1.74 bits per heavy atom. The summed E-state index contributed by atoms with van der Waals surface area (Å²) in [5.74, 6) is 4.23. The highest BCUT2D eigenvalue weighted by Gasteiger charge is 2.33. The smallest absolute Gasteiger partial charge is 0.303 e. The first-order chi connectivity index (χ1) is 20.7. The summed E-state index contributed by atoms with van der Waals surface area (Å²) in [6.07, 6.45) is 6.10. The second-order valence-corrected chi connectivity index (χ2v) is 9.42. The molecule has 0 bridgehead atoms. The van der Waals surface area contributed by atoms with Gasteiger partial charge in [0.05, 0.1) is 18.9 Å². The van der Waals surface area contributed by atoms with Crippen LogP contribution in [0.4, 0.5) is 11.6 Å². The number of aromatic nitrogens is 4. The summed E-state index contributed by atoms with van der Waals surface area (Å²) in [6, 6.07) is 12.2. The van der Waals surface area contributed by atoms with Gasteiger partial charge in [0.15, 0.2) is 0 Å². The van der Waals surface area contributed by atoms with Crippen molar-refractivity contribution in [3.63, 3.8) is 0 Å². The van der Waals surface area contributed by atoms with Gasteiger partial charge < -0.3 is 26.2 Å². The molecule has 1 aliphatic heterocycles. The molecule has 2 amide bonds. The van der Waals surface area contributed by atoms with Crippen molar-refractivity contribution in [2.75, 3.05) is 17.6 Å². The number of nitrogens with two attached hydrogens (primary N) is 1. The monoisotopic (exact) mass is 583 g/mol. The Labute approximate surface area is 246 Å². The Hall–Kier alpha value is -5.77. The predicted molar refractivity (Wildman–Crippen MR) is 157 cm³/mol. The molecular weight excluding hydrogens is 554 g/mol. The summed E-state index contributed by atoms with van der Waals surface area (Å²) in [6.45, 7) is 2.28. The molecule has 3 aromatic heterocycles. The number of benzene rings is 1. The second-order valence-electron chi connectivity index (χ2n) is 9.42. The van der Waals surface area contributed by atoms with Gasteiger partial charge in [-0.2, -0.15) is 0 Å². The number of carbonyl (C=O) groups excluding carboxylic acids is 2. The molecule has 5 rings (SSSR count). The number of amides is 2. The van der Waals surface area contributed by atoms with E-state index in [1.165, 1.54) is 0 Å². The number of aliphatic carboxylic acids is 2. The number of imidazole rings is 1. The van der Waals surface area contributed by atoms with Gasteiger partial charge in [-0.15, -0.1) is 0 Å². The number of carboxylic acids is 2. The number of carboxylic acid groups (broad SMARTS) is 2. The van der Waals surface area contributed by atoms with Crippen LogP contribution < -0.4 is 11.1 Å². The summed E-state index contributed by atoms with van der Waals surface area (Å²) in [7, 11) is 0. The first-order valence-corrected chi connectivity index (χ1v) is 13.3. The van der Waals surface area contributed by atoms with Crippen LogP contribution in [0.25, 0.3) is 16.8 Å². The van der Waals surface area contributed by atoms with Gasteiger partial charge in [-0.3, -0.25) is 23.6 Å². The van der Waals surface area contributed by atoms with Crippen LogP contribution >= 0.6 is 0 Å². The Kier molecular flexibility index (Phi) is 9.64. The average Bonchev–Trinajstić information content (AvgIpc) is 3.63. The first kappa shape index (κ1) is 30.2. The summed E-state index contributed by atoms with van der Waals surface area (Å²) < 4.78 is 1.90. The van der Waals surface area contributed by atoms with Crippen LogP contribution in [0, 0.1) is 11.8 Å². The molecule has 0 unspecified atom stereocenters. The maximum atomic E-state index is 12.6. The van der Waals surface area contributed by atoms with Crippen LogP contribution in [0.3, 0.4) is 0 Å². The van der Waals surface area contributed by atoms with Gasteiger partial charge in [-0.25, -0.2) is 15.0 Å². The van der Waals surface area contributed by atoms with Crippen molar-refractivity contribution < 1.29 is 29.4 Å². The molecule has 43 heavy (non-hydrogen) atoms. The second kappa shape index (κ2) is 13.7. The van der Waals surface area contributed by atoms with Crippen LogP contribution in [0.5, 0.6) is 0 Å². The lowest BCUT2D eigenvalue weighted by atomic mass is 10.1. The van der Waals surface area contributed by atoms with E-state index in [0.29, 0.717) is 40.8 Å². The van der Waals surface area contributed by atoms with Gasteiger partial charge in [-0.05, 0) is 50.0 Å². The number of nitrogens with zero attached hydrogens (tertiary/aromatic N) is 5. The van der Waals surface area contributed by atoms with E-state index in [-0.39, 0.29) is 30.7 Å². The van der Waals surface area contributed by atoms with Crippen LogP contribution in [0.1, 0.15) is 54.8 Å². The van der Waals surface area contributed by atoms with Crippen molar-refractivity contribution in [2.24, 2.45) is 0 Å². The zero-order chi connectivity index (χ0) is 30.9. The van der Waals surface area contributed by atoms with E-state index in [1.807, 2.05) is 16.5 Å². The summed E-state index contributed by atoms with van der Waals surface area (Å²) in [5.41, 5.74) is 8.84. The van der Waals surface area contributed by atoms with Gasteiger partial charge in [0.1, 0.15) is 28.7 Å². The van der Waals surface area contributed by atoms with Crippen molar-refractivity contribution in [2.45, 2.75) is 38.6 Å². The lowest BCUT2D eigenvalue weighted by molar-refractivity contribution is -0.143. The molecule has 0 spiro atoms. The minimum atomic E-state index is -1.08. The normalized spacial score (nSPS) is 13.8. The number of fused-ring (bicyclic) bond motifs is 1. The third-order valence-corrected chi connectivity index (χ3v) is 6.53. The van der Waals surface area contributed by atoms with Gasteiger partial charge in [0.25, 0.3) is 11.8 Å². The maximum Gasteiger partial charge on any atom is 0.303 e. The fourth-order valence-electron chi connectivity index (χ4n) is 4.60. The van der Waals surface area contributed by atoms with E-state index in [0.717, 1.165) is 18.4 Å². The Morgan fingerprint density at radius 1 is 1.02 bits per heavy atom. The van der Waals surface area contributed by atoms with Gasteiger partial charge >= 0.3 is 11.9 Å². The zero-order valence-corrected chi connectivity index (χ0v) is 23.2. The topological polar surface area (TPSA) is 193 Å². The highest BCUT2D eigenvalue weighted by Crippen LogP contribution is 2.36. The van der Waals surface area contributed by atoms with Crippen molar-refractivity contribution in [3.8, 4) is 23.1 Å². The van der Waals surface area contributed by atoms with Gasteiger partial charge in [-0.1, -0.05) is 24.1 Å². The standard InChI is InChI=1S/C26H23N7O2.C4H6O4/c1-2-6-21(34)32-15-5-7-19(32)25-31-22(23-24(27)29-14-16-33(23)25)17-9-11-18(12-10-17)26(35)30-20-8-3-4-13-28-20;5-3(6)1-2-4(7)8/h3-4,8-14,16,19H,5,7,15H2,1H3,(H2,27,29)(H,28,30,35);1-2H2,(H,5,6)(H,7,8)/t19-;/m0./s1. The van der Waals surface area contributed by atoms with E-state index in [4.69, 9.17) is 20.9 Å². The summed E-state index contributed by atoms with van der Waals surface area (Å²) in [5, 5.41) is 18.6. The summed E-state index contributed by atoms with van der Waals surface area (Å²) in [4.78, 5) is 59.5. The Morgan fingerprint density at radius 3 is 2.37 bits per heavy atom.